The van der Waals surface area contributed by atoms with Gasteiger partial charge in [0.1, 0.15) is 10.7 Å². The fraction of sp³-hybridized carbons (Fsp3) is 0.308. The molecule has 0 aliphatic rings. The standard InChI is InChI=1S/C13H14FNO4S/c1-3-7-15(8-4-2)20(18,19)12-9-10(13(16)17)5-6-11(12)14/h1,5-6,9H,4,7-8H2,2H3,(H,16,17). The Morgan fingerprint density at radius 2 is 2.15 bits per heavy atom. The summed E-state index contributed by atoms with van der Waals surface area (Å²) in [6.45, 7) is 1.68. The third kappa shape index (κ3) is 3.35. The molecule has 0 saturated carbocycles. The highest BCUT2D eigenvalue weighted by Crippen LogP contribution is 2.21. The van der Waals surface area contributed by atoms with Gasteiger partial charge in [0, 0.05) is 6.54 Å². The van der Waals surface area contributed by atoms with Crippen LogP contribution in [0.25, 0.3) is 0 Å². The first-order valence-electron chi connectivity index (χ1n) is 5.81. The maximum absolute atomic E-state index is 13.7. The van der Waals surface area contributed by atoms with E-state index >= 15 is 0 Å². The fourth-order valence-corrected chi connectivity index (χ4v) is 3.14. The van der Waals surface area contributed by atoms with E-state index in [1.807, 2.05) is 0 Å². The van der Waals surface area contributed by atoms with Gasteiger partial charge in [0.05, 0.1) is 12.1 Å². The summed E-state index contributed by atoms with van der Waals surface area (Å²) in [6.07, 6.45) is 5.61. The van der Waals surface area contributed by atoms with E-state index in [2.05, 4.69) is 5.92 Å². The summed E-state index contributed by atoms with van der Waals surface area (Å²) in [4.78, 5) is 10.2. The number of hydrogen-bond acceptors (Lipinski definition) is 3. The monoisotopic (exact) mass is 299 g/mol. The zero-order valence-electron chi connectivity index (χ0n) is 10.8. The van der Waals surface area contributed by atoms with Crippen LogP contribution in [0.4, 0.5) is 4.39 Å². The van der Waals surface area contributed by atoms with Gasteiger partial charge < -0.3 is 5.11 Å². The highest BCUT2D eigenvalue weighted by atomic mass is 32.2. The van der Waals surface area contributed by atoms with Crippen LogP contribution in [0.2, 0.25) is 0 Å². The summed E-state index contributed by atoms with van der Waals surface area (Å²) in [5, 5.41) is 8.85. The van der Waals surface area contributed by atoms with Gasteiger partial charge in [-0.15, -0.1) is 6.42 Å². The van der Waals surface area contributed by atoms with Crippen molar-refractivity contribution in [3.05, 3.63) is 29.6 Å². The number of nitrogens with zero attached hydrogens (tertiary/aromatic N) is 1. The quantitative estimate of drug-likeness (QED) is 0.809. The Morgan fingerprint density at radius 3 is 2.65 bits per heavy atom. The minimum Gasteiger partial charge on any atom is -0.478 e. The van der Waals surface area contributed by atoms with Crippen molar-refractivity contribution in [3.63, 3.8) is 0 Å². The number of carbonyl (C=O) groups is 1. The van der Waals surface area contributed by atoms with Crippen molar-refractivity contribution in [2.75, 3.05) is 13.1 Å². The molecule has 108 valence electrons. The summed E-state index contributed by atoms with van der Waals surface area (Å²) in [6, 6.07) is 2.62. The maximum Gasteiger partial charge on any atom is 0.335 e. The number of carboxylic acid groups (broad SMARTS) is 1. The molecule has 1 aromatic carbocycles. The molecule has 0 unspecified atom stereocenters. The Balaban J connectivity index is 3.36. The molecular weight excluding hydrogens is 285 g/mol. The number of halogens is 1. The molecule has 1 N–H and O–H groups in total. The minimum absolute atomic E-state index is 0.128. The van der Waals surface area contributed by atoms with Gasteiger partial charge in [-0.2, -0.15) is 4.31 Å². The first kappa shape index (κ1) is 16.1. The first-order valence-corrected chi connectivity index (χ1v) is 7.25. The van der Waals surface area contributed by atoms with Crippen molar-refractivity contribution < 1.29 is 22.7 Å². The zero-order valence-corrected chi connectivity index (χ0v) is 11.7. The van der Waals surface area contributed by atoms with Gasteiger partial charge in [-0.25, -0.2) is 17.6 Å². The molecule has 20 heavy (non-hydrogen) atoms. The van der Waals surface area contributed by atoms with E-state index in [4.69, 9.17) is 11.5 Å². The number of terminal acetylenes is 1. The molecule has 0 atom stereocenters. The van der Waals surface area contributed by atoms with Crippen molar-refractivity contribution in [3.8, 4) is 12.3 Å². The molecule has 0 heterocycles. The Hall–Kier alpha value is -1.91. The maximum atomic E-state index is 13.7. The van der Waals surface area contributed by atoms with Crippen LogP contribution in [-0.2, 0) is 10.0 Å². The van der Waals surface area contributed by atoms with E-state index in [0.717, 1.165) is 22.5 Å². The normalized spacial score (nSPS) is 11.3. The molecule has 1 aromatic rings. The number of carboxylic acids is 1. The first-order chi connectivity index (χ1) is 9.34. The predicted octanol–water partition coefficient (Wildman–Crippen LogP) is 1.56. The molecule has 0 amide bonds. The van der Waals surface area contributed by atoms with Gasteiger partial charge in [0.25, 0.3) is 0 Å². The highest BCUT2D eigenvalue weighted by Gasteiger charge is 2.27. The number of aromatic carboxylic acids is 1. The number of hydrogen-bond donors (Lipinski definition) is 1. The largest absolute Gasteiger partial charge is 0.478 e. The van der Waals surface area contributed by atoms with Crippen molar-refractivity contribution in [1.82, 2.24) is 4.31 Å². The molecule has 5 nitrogen and oxygen atoms in total. The fourth-order valence-electron chi connectivity index (χ4n) is 1.61. The van der Waals surface area contributed by atoms with Gasteiger partial charge in [-0.1, -0.05) is 12.8 Å². The molecule has 7 heteroatoms. The van der Waals surface area contributed by atoms with Crippen LogP contribution in [0, 0.1) is 18.2 Å². The molecule has 0 aliphatic heterocycles. The second-order valence-corrected chi connectivity index (χ2v) is 5.90. The lowest BCUT2D eigenvalue weighted by Crippen LogP contribution is -2.33. The average molecular weight is 299 g/mol. The lowest BCUT2D eigenvalue weighted by molar-refractivity contribution is 0.0696. The van der Waals surface area contributed by atoms with Gasteiger partial charge >= 0.3 is 5.97 Å². The van der Waals surface area contributed by atoms with E-state index in [9.17, 15) is 17.6 Å². The Labute approximate surface area is 117 Å². The van der Waals surface area contributed by atoms with Gasteiger partial charge in [-0.3, -0.25) is 0 Å². The minimum atomic E-state index is -4.16. The van der Waals surface area contributed by atoms with Crippen molar-refractivity contribution in [1.29, 1.82) is 0 Å². The van der Waals surface area contributed by atoms with Gasteiger partial charge in [0.2, 0.25) is 10.0 Å². The van der Waals surface area contributed by atoms with Gasteiger partial charge in [-0.05, 0) is 24.6 Å². The van der Waals surface area contributed by atoms with Crippen LogP contribution in [0.3, 0.4) is 0 Å². The second kappa shape index (κ2) is 6.50. The van der Waals surface area contributed by atoms with E-state index < -0.39 is 26.7 Å². The summed E-state index contributed by atoms with van der Waals surface area (Å²) < 4.78 is 39.3. The van der Waals surface area contributed by atoms with E-state index in [-0.39, 0.29) is 18.7 Å². The van der Waals surface area contributed by atoms with Gasteiger partial charge in [0.15, 0.2) is 0 Å². The molecule has 0 fully saturated rings. The zero-order chi connectivity index (χ0) is 15.3. The molecule has 0 aliphatic carbocycles. The smallest absolute Gasteiger partial charge is 0.335 e. The van der Waals surface area contributed by atoms with Crippen molar-refractivity contribution >= 4 is 16.0 Å². The molecule has 0 saturated heterocycles. The van der Waals surface area contributed by atoms with Crippen LogP contribution in [-0.4, -0.2) is 36.9 Å². The average Bonchev–Trinajstić information content (AvgIpc) is 2.38. The Bertz CT molecular complexity index is 649. The molecule has 0 aromatic heterocycles. The predicted molar refractivity (Wildman–Crippen MR) is 71.2 cm³/mol. The van der Waals surface area contributed by atoms with Crippen LogP contribution in [0.5, 0.6) is 0 Å². The summed E-state index contributed by atoms with van der Waals surface area (Å²) >= 11 is 0. The number of benzene rings is 1. The molecule has 0 bridgehead atoms. The van der Waals surface area contributed by atoms with Crippen LogP contribution >= 0.6 is 0 Å². The van der Waals surface area contributed by atoms with Crippen molar-refractivity contribution in [2.24, 2.45) is 0 Å². The Kier molecular flexibility index (Phi) is 5.25. The summed E-state index contributed by atoms with van der Waals surface area (Å²) in [5.41, 5.74) is -0.304. The second-order valence-electron chi connectivity index (χ2n) is 3.99. The lowest BCUT2D eigenvalue weighted by Gasteiger charge is -2.19. The topological polar surface area (TPSA) is 74.7 Å². The third-order valence-electron chi connectivity index (χ3n) is 2.54. The van der Waals surface area contributed by atoms with E-state index in [1.54, 1.807) is 6.92 Å². The SMILES string of the molecule is C#CCN(CCC)S(=O)(=O)c1cc(C(=O)O)ccc1F. The molecule has 1 rings (SSSR count). The molecular formula is C13H14FNO4S. The summed E-state index contributed by atoms with van der Waals surface area (Å²) in [5.74, 6) is -0.146. The van der Waals surface area contributed by atoms with E-state index in [1.165, 1.54) is 0 Å². The highest BCUT2D eigenvalue weighted by molar-refractivity contribution is 7.89. The number of rotatable bonds is 6. The Morgan fingerprint density at radius 1 is 1.50 bits per heavy atom. The molecule has 0 spiro atoms. The van der Waals surface area contributed by atoms with Crippen molar-refractivity contribution in [2.45, 2.75) is 18.2 Å². The van der Waals surface area contributed by atoms with Crippen LogP contribution in [0.15, 0.2) is 23.1 Å². The lowest BCUT2D eigenvalue weighted by atomic mass is 10.2. The number of sulfonamides is 1. The van der Waals surface area contributed by atoms with Crippen LogP contribution < -0.4 is 0 Å². The third-order valence-corrected chi connectivity index (χ3v) is 4.40. The van der Waals surface area contributed by atoms with E-state index in [0.29, 0.717) is 6.42 Å². The summed E-state index contributed by atoms with van der Waals surface area (Å²) in [7, 11) is -4.16. The molecule has 0 radical (unpaired) electrons. The van der Waals surface area contributed by atoms with Crippen LogP contribution in [0.1, 0.15) is 23.7 Å².